The van der Waals surface area contributed by atoms with E-state index in [0.717, 1.165) is 0 Å². The standard InChI is InChI=1S/C15H21/c1-14(2)12-10-8-6-5-7-9-11-13-15(3)4/h5-13H,1-4H3/q+1. The predicted molar refractivity (Wildman–Crippen MR) is 70.6 cm³/mol. The summed E-state index contributed by atoms with van der Waals surface area (Å²) in [5.74, 6) is 0. The van der Waals surface area contributed by atoms with E-state index in [1.807, 2.05) is 42.9 Å². The van der Waals surface area contributed by atoms with Crippen LogP contribution in [0.5, 0.6) is 0 Å². The topological polar surface area (TPSA) is 0 Å². The summed E-state index contributed by atoms with van der Waals surface area (Å²) in [6, 6.07) is 0. The maximum Gasteiger partial charge on any atom is 0.0466 e. The fourth-order valence-electron chi connectivity index (χ4n) is 0.817. The Hall–Kier alpha value is -1.43. The van der Waals surface area contributed by atoms with Gasteiger partial charge in [-0.1, -0.05) is 17.2 Å². The lowest BCUT2D eigenvalue weighted by molar-refractivity contribution is 1.39. The molecular weight excluding hydrogens is 180 g/mol. The lowest BCUT2D eigenvalue weighted by Gasteiger charge is -1.79. The smallest absolute Gasteiger partial charge is 0.0466 e. The average Bonchev–Trinajstić information content (AvgIpc) is 2.14. The van der Waals surface area contributed by atoms with Crippen molar-refractivity contribution in [3.05, 3.63) is 66.2 Å². The van der Waals surface area contributed by atoms with Gasteiger partial charge >= 0.3 is 0 Å². The van der Waals surface area contributed by atoms with Gasteiger partial charge in [-0.25, -0.2) is 0 Å². The van der Waals surface area contributed by atoms with Crippen LogP contribution in [0.25, 0.3) is 0 Å². The molecule has 0 saturated carbocycles. The number of allylic oxidation sites excluding steroid dienone is 10. The first-order chi connectivity index (χ1) is 7.13. The van der Waals surface area contributed by atoms with Gasteiger partial charge in [0.05, 0.1) is 0 Å². The molecule has 0 amide bonds. The van der Waals surface area contributed by atoms with Gasteiger partial charge in [-0.05, 0) is 45.9 Å². The summed E-state index contributed by atoms with van der Waals surface area (Å²) in [6.45, 7) is 8.34. The molecule has 0 N–H and O–H groups in total. The van der Waals surface area contributed by atoms with Gasteiger partial charge in [-0.15, -0.1) is 0 Å². The first-order valence-electron chi connectivity index (χ1n) is 5.24. The Morgan fingerprint density at radius 2 is 1.20 bits per heavy atom. The molecule has 0 aliphatic carbocycles. The van der Waals surface area contributed by atoms with E-state index in [-0.39, 0.29) is 0 Å². The van der Waals surface area contributed by atoms with Crippen molar-refractivity contribution in [3.63, 3.8) is 0 Å². The van der Waals surface area contributed by atoms with E-state index >= 15 is 0 Å². The van der Waals surface area contributed by atoms with Crippen LogP contribution in [-0.2, 0) is 0 Å². The number of hydrogen-bond acceptors (Lipinski definition) is 0. The van der Waals surface area contributed by atoms with E-state index < -0.39 is 0 Å². The molecule has 0 aliphatic rings. The molecular formula is C15H21+. The third-order valence-corrected chi connectivity index (χ3v) is 1.53. The normalized spacial score (nSPS) is 11.2. The summed E-state index contributed by atoms with van der Waals surface area (Å²) in [7, 11) is 0. The summed E-state index contributed by atoms with van der Waals surface area (Å²) in [4.78, 5) is 0. The zero-order valence-corrected chi connectivity index (χ0v) is 10.2. The maximum absolute atomic E-state index is 2.09. The molecule has 0 heterocycles. The molecule has 0 fully saturated rings. The van der Waals surface area contributed by atoms with Crippen LogP contribution in [0.4, 0.5) is 0 Å². The third-order valence-electron chi connectivity index (χ3n) is 1.53. The molecule has 0 spiro atoms. The minimum Gasteiger partial charge on any atom is -0.0764 e. The highest BCUT2D eigenvalue weighted by atomic mass is 13.8. The molecule has 0 aromatic heterocycles. The van der Waals surface area contributed by atoms with Crippen LogP contribution in [0.15, 0.2) is 59.8 Å². The van der Waals surface area contributed by atoms with Crippen LogP contribution in [0, 0.1) is 6.42 Å². The van der Waals surface area contributed by atoms with Gasteiger partial charge < -0.3 is 0 Å². The highest BCUT2D eigenvalue weighted by molar-refractivity contribution is 5.20. The zero-order valence-electron chi connectivity index (χ0n) is 10.2. The molecule has 0 unspecified atom stereocenters. The Morgan fingerprint density at radius 1 is 0.667 bits per heavy atom. The first kappa shape index (κ1) is 13.6. The Balaban J connectivity index is 3.73. The Kier molecular flexibility index (Phi) is 8.27. The predicted octanol–water partition coefficient (Wildman–Crippen LogP) is 4.79. The summed E-state index contributed by atoms with van der Waals surface area (Å²) in [5, 5.41) is 0. The summed E-state index contributed by atoms with van der Waals surface area (Å²) in [6.07, 6.45) is 18.4. The van der Waals surface area contributed by atoms with Crippen molar-refractivity contribution in [2.75, 3.05) is 0 Å². The van der Waals surface area contributed by atoms with Crippen LogP contribution in [0.3, 0.4) is 0 Å². The highest BCUT2D eigenvalue weighted by Gasteiger charge is 1.78. The number of hydrogen-bond donors (Lipinski definition) is 0. The Morgan fingerprint density at radius 3 is 1.80 bits per heavy atom. The molecule has 0 saturated heterocycles. The molecule has 0 aromatic rings. The van der Waals surface area contributed by atoms with Crippen LogP contribution >= 0.6 is 0 Å². The van der Waals surface area contributed by atoms with E-state index in [9.17, 15) is 0 Å². The molecule has 0 atom stereocenters. The monoisotopic (exact) mass is 201 g/mol. The molecule has 0 aliphatic heterocycles. The van der Waals surface area contributed by atoms with Gasteiger partial charge in [0.2, 0.25) is 0 Å². The average molecular weight is 201 g/mol. The van der Waals surface area contributed by atoms with Gasteiger partial charge in [0.1, 0.15) is 0 Å². The third kappa shape index (κ3) is 12.6. The van der Waals surface area contributed by atoms with Gasteiger partial charge in [-0.3, -0.25) is 0 Å². The summed E-state index contributed by atoms with van der Waals surface area (Å²) in [5.41, 5.74) is 2.62. The SMILES string of the molecule is CC(C)=CC=CC=C[CH+]C=CC=C(C)C. The van der Waals surface area contributed by atoms with Crippen molar-refractivity contribution >= 4 is 0 Å². The van der Waals surface area contributed by atoms with Crippen molar-refractivity contribution in [1.82, 2.24) is 0 Å². The zero-order chi connectivity index (χ0) is 11.5. The molecule has 80 valence electrons. The van der Waals surface area contributed by atoms with E-state index in [2.05, 4.69) is 39.8 Å². The quantitative estimate of drug-likeness (QED) is 0.443. The van der Waals surface area contributed by atoms with E-state index in [0.29, 0.717) is 0 Å². The highest BCUT2D eigenvalue weighted by Crippen LogP contribution is 1.92. The van der Waals surface area contributed by atoms with E-state index in [1.165, 1.54) is 11.1 Å². The van der Waals surface area contributed by atoms with Crippen LogP contribution < -0.4 is 0 Å². The van der Waals surface area contributed by atoms with Gasteiger partial charge in [0.15, 0.2) is 0 Å². The molecule has 0 heteroatoms. The molecule has 0 radical (unpaired) electrons. The molecule has 15 heavy (non-hydrogen) atoms. The van der Waals surface area contributed by atoms with Crippen molar-refractivity contribution in [2.24, 2.45) is 0 Å². The van der Waals surface area contributed by atoms with Gasteiger partial charge in [-0.2, -0.15) is 0 Å². The van der Waals surface area contributed by atoms with Crippen LogP contribution in [0.1, 0.15) is 27.7 Å². The minimum atomic E-state index is 1.31. The maximum atomic E-state index is 2.09. The molecule has 0 rings (SSSR count). The fourth-order valence-corrected chi connectivity index (χ4v) is 0.817. The fraction of sp³-hybridized carbons (Fsp3) is 0.267. The molecule has 0 nitrogen and oxygen atoms in total. The summed E-state index contributed by atoms with van der Waals surface area (Å²) >= 11 is 0. The Labute approximate surface area is 94.4 Å². The van der Waals surface area contributed by atoms with E-state index in [1.54, 1.807) is 0 Å². The molecule has 0 bridgehead atoms. The first-order valence-corrected chi connectivity index (χ1v) is 5.24. The van der Waals surface area contributed by atoms with Crippen molar-refractivity contribution in [1.29, 1.82) is 0 Å². The van der Waals surface area contributed by atoms with Crippen LogP contribution in [-0.4, -0.2) is 0 Å². The largest absolute Gasteiger partial charge is 0.0764 e. The van der Waals surface area contributed by atoms with Crippen molar-refractivity contribution < 1.29 is 0 Å². The minimum absolute atomic E-state index is 1.31. The van der Waals surface area contributed by atoms with Gasteiger partial charge in [0, 0.05) is 30.7 Å². The summed E-state index contributed by atoms with van der Waals surface area (Å²) < 4.78 is 0. The lowest BCUT2D eigenvalue weighted by Crippen LogP contribution is -1.62. The van der Waals surface area contributed by atoms with Crippen molar-refractivity contribution in [2.45, 2.75) is 27.7 Å². The molecule has 0 aromatic carbocycles. The van der Waals surface area contributed by atoms with Crippen molar-refractivity contribution in [3.8, 4) is 0 Å². The second kappa shape index (κ2) is 9.14. The van der Waals surface area contributed by atoms with Gasteiger partial charge in [0.25, 0.3) is 0 Å². The van der Waals surface area contributed by atoms with E-state index in [4.69, 9.17) is 0 Å². The Bertz CT molecular complexity index is 288. The van der Waals surface area contributed by atoms with Crippen LogP contribution in [0.2, 0.25) is 0 Å². The second-order valence-electron chi connectivity index (χ2n) is 3.84. The lowest BCUT2D eigenvalue weighted by atomic mass is 10.2. The number of rotatable bonds is 5. The second-order valence-corrected chi connectivity index (χ2v) is 3.84.